The Morgan fingerprint density at radius 1 is 1.35 bits per heavy atom. The van der Waals surface area contributed by atoms with E-state index in [-0.39, 0.29) is 11.9 Å². The van der Waals surface area contributed by atoms with Crippen LogP contribution in [0.3, 0.4) is 0 Å². The van der Waals surface area contributed by atoms with E-state index in [9.17, 15) is 4.79 Å². The lowest BCUT2D eigenvalue weighted by atomic mass is 10.0. The van der Waals surface area contributed by atoms with Gasteiger partial charge in [-0.15, -0.1) is 0 Å². The first-order valence-electron chi connectivity index (χ1n) is 6.53. The van der Waals surface area contributed by atoms with E-state index in [1.54, 1.807) is 17.0 Å². The van der Waals surface area contributed by atoms with Gasteiger partial charge in [0, 0.05) is 12.7 Å². The average molecular weight is 292 g/mol. The number of halogens is 1. The van der Waals surface area contributed by atoms with Crippen molar-refractivity contribution in [3.63, 3.8) is 0 Å². The van der Waals surface area contributed by atoms with Gasteiger partial charge in [-0.1, -0.05) is 11.6 Å². The number of hydrogen-bond donors (Lipinski definition) is 1. The molecule has 0 aliphatic carbocycles. The molecule has 1 atom stereocenters. The van der Waals surface area contributed by atoms with Crippen LogP contribution >= 0.6 is 11.6 Å². The molecule has 1 aliphatic heterocycles. The summed E-state index contributed by atoms with van der Waals surface area (Å²) in [5, 5.41) is 7.24. The van der Waals surface area contributed by atoms with Crippen molar-refractivity contribution in [1.82, 2.24) is 25.1 Å². The molecular formula is C13H14ClN5O. The number of nitrogens with zero attached hydrogens (tertiary/aromatic N) is 4. The molecule has 3 heterocycles. The third-order valence-corrected chi connectivity index (χ3v) is 3.68. The first-order chi connectivity index (χ1) is 9.75. The Labute approximate surface area is 121 Å². The first-order valence-corrected chi connectivity index (χ1v) is 6.91. The lowest BCUT2D eigenvalue weighted by Gasteiger charge is -2.34. The summed E-state index contributed by atoms with van der Waals surface area (Å²) in [6.45, 7) is 0.703. The molecule has 0 spiro atoms. The highest BCUT2D eigenvalue weighted by molar-refractivity contribution is 6.30. The zero-order valence-electron chi connectivity index (χ0n) is 10.8. The van der Waals surface area contributed by atoms with Crippen LogP contribution in [-0.2, 0) is 0 Å². The monoisotopic (exact) mass is 291 g/mol. The summed E-state index contributed by atoms with van der Waals surface area (Å²) in [5.41, 5.74) is 0.404. The quantitative estimate of drug-likeness (QED) is 0.920. The highest BCUT2D eigenvalue weighted by Gasteiger charge is 2.30. The van der Waals surface area contributed by atoms with Crippen LogP contribution in [0.1, 0.15) is 41.6 Å². The first kappa shape index (κ1) is 13.1. The van der Waals surface area contributed by atoms with E-state index in [0.717, 1.165) is 25.1 Å². The molecule has 1 amide bonds. The minimum atomic E-state index is -0.0947. The lowest BCUT2D eigenvalue weighted by molar-refractivity contribution is 0.0594. The SMILES string of the molecule is O=C(c1ccc(Cl)cn1)N1CCCCC1c1ncn[nH]1. The average Bonchev–Trinajstić information content (AvgIpc) is 3.01. The molecule has 104 valence electrons. The smallest absolute Gasteiger partial charge is 0.273 e. The Morgan fingerprint density at radius 3 is 2.95 bits per heavy atom. The molecule has 20 heavy (non-hydrogen) atoms. The summed E-state index contributed by atoms with van der Waals surface area (Å²) >= 11 is 5.80. The van der Waals surface area contributed by atoms with Gasteiger partial charge in [-0.3, -0.25) is 9.89 Å². The van der Waals surface area contributed by atoms with Crippen LogP contribution in [-0.4, -0.2) is 37.5 Å². The molecule has 1 unspecified atom stereocenters. The van der Waals surface area contributed by atoms with Crippen molar-refractivity contribution in [2.45, 2.75) is 25.3 Å². The fourth-order valence-corrected chi connectivity index (χ4v) is 2.60. The largest absolute Gasteiger partial charge is 0.327 e. The highest BCUT2D eigenvalue weighted by Crippen LogP contribution is 2.29. The van der Waals surface area contributed by atoms with Gasteiger partial charge in [0.1, 0.15) is 17.8 Å². The third kappa shape index (κ3) is 2.51. The summed E-state index contributed by atoms with van der Waals surface area (Å²) in [6.07, 6.45) is 5.90. The summed E-state index contributed by atoms with van der Waals surface area (Å²) in [7, 11) is 0. The number of likely N-dealkylation sites (tertiary alicyclic amines) is 1. The number of hydrogen-bond acceptors (Lipinski definition) is 4. The second-order valence-electron chi connectivity index (χ2n) is 4.74. The Morgan fingerprint density at radius 2 is 2.25 bits per heavy atom. The summed E-state index contributed by atoms with van der Waals surface area (Å²) in [5.74, 6) is 0.634. The molecule has 1 aliphatic rings. The normalized spacial score (nSPS) is 19.1. The van der Waals surface area contributed by atoms with Crippen LogP contribution < -0.4 is 0 Å². The minimum Gasteiger partial charge on any atom is -0.327 e. The van der Waals surface area contributed by atoms with Crippen molar-refractivity contribution >= 4 is 17.5 Å². The predicted octanol–water partition coefficient (Wildman–Crippen LogP) is 2.22. The van der Waals surface area contributed by atoms with Crippen molar-refractivity contribution in [3.8, 4) is 0 Å². The van der Waals surface area contributed by atoms with Crippen LogP contribution in [0.15, 0.2) is 24.7 Å². The van der Waals surface area contributed by atoms with Crippen LogP contribution in [0.25, 0.3) is 0 Å². The van der Waals surface area contributed by atoms with Crippen LogP contribution in [0.4, 0.5) is 0 Å². The van der Waals surface area contributed by atoms with Crippen molar-refractivity contribution < 1.29 is 4.79 Å². The van der Waals surface area contributed by atoms with Gasteiger partial charge < -0.3 is 4.90 Å². The van der Waals surface area contributed by atoms with Gasteiger partial charge in [-0.25, -0.2) is 9.97 Å². The highest BCUT2D eigenvalue weighted by atomic mass is 35.5. The topological polar surface area (TPSA) is 74.8 Å². The van der Waals surface area contributed by atoms with E-state index < -0.39 is 0 Å². The molecule has 0 bridgehead atoms. The second kappa shape index (κ2) is 5.58. The molecule has 6 nitrogen and oxygen atoms in total. The molecule has 0 aromatic carbocycles. The van der Waals surface area contributed by atoms with Gasteiger partial charge in [-0.2, -0.15) is 5.10 Å². The molecule has 0 saturated carbocycles. The Balaban J connectivity index is 1.86. The van der Waals surface area contributed by atoms with Gasteiger partial charge in [0.25, 0.3) is 5.91 Å². The molecule has 0 radical (unpaired) electrons. The zero-order valence-corrected chi connectivity index (χ0v) is 11.5. The Bertz CT molecular complexity index is 583. The molecular weight excluding hydrogens is 278 g/mol. The van der Waals surface area contributed by atoms with E-state index in [2.05, 4.69) is 20.2 Å². The molecule has 1 N–H and O–H groups in total. The lowest BCUT2D eigenvalue weighted by Crippen LogP contribution is -2.39. The summed E-state index contributed by atoms with van der Waals surface area (Å²) in [6, 6.07) is 3.27. The standard InChI is InChI=1S/C13H14ClN5O/c14-9-4-5-10(15-7-9)13(20)19-6-2-1-3-11(19)12-16-8-17-18-12/h4-5,7-8,11H,1-3,6H2,(H,16,17,18). The third-order valence-electron chi connectivity index (χ3n) is 3.46. The van der Waals surface area contributed by atoms with E-state index in [4.69, 9.17) is 11.6 Å². The fourth-order valence-electron chi connectivity index (χ4n) is 2.48. The second-order valence-corrected chi connectivity index (χ2v) is 5.18. The summed E-state index contributed by atoms with van der Waals surface area (Å²) in [4.78, 5) is 22.7. The number of carbonyl (C=O) groups excluding carboxylic acids is 1. The number of piperidine rings is 1. The van der Waals surface area contributed by atoms with Gasteiger partial charge >= 0.3 is 0 Å². The molecule has 2 aromatic heterocycles. The number of H-pyrrole nitrogens is 1. The maximum atomic E-state index is 12.6. The van der Waals surface area contributed by atoms with E-state index in [1.807, 2.05) is 0 Å². The molecule has 2 aromatic rings. The van der Waals surface area contributed by atoms with Gasteiger partial charge in [-0.05, 0) is 31.4 Å². The number of nitrogens with one attached hydrogen (secondary N) is 1. The molecule has 3 rings (SSSR count). The number of pyridine rings is 1. The van der Waals surface area contributed by atoms with Gasteiger partial charge in [0.2, 0.25) is 0 Å². The van der Waals surface area contributed by atoms with Crippen LogP contribution in [0.5, 0.6) is 0 Å². The summed E-state index contributed by atoms with van der Waals surface area (Å²) < 4.78 is 0. The maximum absolute atomic E-state index is 12.6. The van der Waals surface area contributed by atoms with Crippen molar-refractivity contribution in [1.29, 1.82) is 0 Å². The number of carbonyl (C=O) groups is 1. The minimum absolute atomic E-state index is 0.0590. The van der Waals surface area contributed by atoms with Gasteiger partial charge in [0.15, 0.2) is 0 Å². The maximum Gasteiger partial charge on any atom is 0.273 e. The zero-order chi connectivity index (χ0) is 13.9. The van der Waals surface area contributed by atoms with Crippen LogP contribution in [0.2, 0.25) is 5.02 Å². The van der Waals surface area contributed by atoms with E-state index in [0.29, 0.717) is 17.3 Å². The molecule has 1 saturated heterocycles. The van der Waals surface area contributed by atoms with E-state index >= 15 is 0 Å². The van der Waals surface area contributed by atoms with Crippen molar-refractivity contribution in [3.05, 3.63) is 41.2 Å². The number of aromatic nitrogens is 4. The molecule has 1 fully saturated rings. The van der Waals surface area contributed by atoms with Crippen molar-refractivity contribution in [2.24, 2.45) is 0 Å². The Hall–Kier alpha value is -1.95. The fraction of sp³-hybridized carbons (Fsp3) is 0.385. The van der Waals surface area contributed by atoms with Crippen molar-refractivity contribution in [2.75, 3.05) is 6.54 Å². The van der Waals surface area contributed by atoms with Gasteiger partial charge in [0.05, 0.1) is 11.1 Å². The number of rotatable bonds is 2. The molecule has 7 heteroatoms. The number of amides is 1. The predicted molar refractivity (Wildman–Crippen MR) is 73.3 cm³/mol. The van der Waals surface area contributed by atoms with E-state index in [1.165, 1.54) is 12.5 Å². The number of aromatic amines is 1. The van der Waals surface area contributed by atoms with Crippen LogP contribution in [0, 0.1) is 0 Å². The Kier molecular flexibility index (Phi) is 3.64.